The summed E-state index contributed by atoms with van der Waals surface area (Å²) in [4.78, 5) is 10.3. The van der Waals surface area contributed by atoms with E-state index < -0.39 is 17.8 Å². The number of halogens is 1. The van der Waals surface area contributed by atoms with Crippen molar-refractivity contribution in [2.75, 3.05) is 0 Å². The Labute approximate surface area is 80.7 Å². The van der Waals surface area contributed by atoms with E-state index in [1.54, 1.807) is 18.2 Å². The Morgan fingerprint density at radius 1 is 1.50 bits per heavy atom. The summed E-state index contributed by atoms with van der Waals surface area (Å²) in [7, 11) is 0. The molecule has 3 nitrogen and oxygen atoms in total. The summed E-state index contributed by atoms with van der Waals surface area (Å²) in [5, 5.41) is 8.46. The Hall–Kier alpha value is -1.68. The van der Waals surface area contributed by atoms with Gasteiger partial charge >= 0.3 is 5.97 Å². The van der Waals surface area contributed by atoms with E-state index in [-0.39, 0.29) is 0 Å². The maximum atomic E-state index is 13.0. The summed E-state index contributed by atoms with van der Waals surface area (Å²) in [6, 6.07) is 4.96. The Bertz CT molecular complexity index is 363. The first-order valence-corrected chi connectivity index (χ1v) is 4.02. The van der Waals surface area contributed by atoms with Gasteiger partial charge in [0, 0.05) is 5.56 Å². The van der Waals surface area contributed by atoms with Crippen molar-refractivity contribution in [3.63, 3.8) is 0 Å². The second-order valence-corrected chi connectivity index (χ2v) is 2.74. The van der Waals surface area contributed by atoms with Crippen LogP contribution in [0.25, 0.3) is 6.08 Å². The van der Waals surface area contributed by atoms with E-state index in [0.29, 0.717) is 5.56 Å². The number of carbonyl (C=O) groups is 1. The molecule has 0 radical (unpaired) electrons. The van der Waals surface area contributed by atoms with E-state index in [4.69, 9.17) is 10.8 Å². The average Bonchev–Trinajstić information content (AvgIpc) is 2.16. The predicted molar refractivity (Wildman–Crippen MR) is 51.0 cm³/mol. The third kappa shape index (κ3) is 2.67. The highest BCUT2D eigenvalue weighted by atomic mass is 19.1. The summed E-state index contributed by atoms with van der Waals surface area (Å²) in [6.45, 7) is 0. The van der Waals surface area contributed by atoms with E-state index in [2.05, 4.69) is 0 Å². The van der Waals surface area contributed by atoms with Gasteiger partial charge in [-0.3, -0.25) is 4.79 Å². The van der Waals surface area contributed by atoms with Crippen LogP contribution in [0.5, 0.6) is 0 Å². The van der Waals surface area contributed by atoms with Crippen LogP contribution in [0.3, 0.4) is 0 Å². The van der Waals surface area contributed by atoms with Gasteiger partial charge in [-0.15, -0.1) is 0 Å². The molecule has 0 saturated carbocycles. The fraction of sp³-hybridized carbons (Fsp3) is 0.100. The molecule has 14 heavy (non-hydrogen) atoms. The van der Waals surface area contributed by atoms with Gasteiger partial charge in [-0.2, -0.15) is 0 Å². The van der Waals surface area contributed by atoms with Crippen LogP contribution in [0, 0.1) is 5.82 Å². The second-order valence-electron chi connectivity index (χ2n) is 2.74. The summed E-state index contributed by atoms with van der Waals surface area (Å²) in [6.07, 6.45) is 2.59. The molecule has 0 spiro atoms. The van der Waals surface area contributed by atoms with Crippen LogP contribution < -0.4 is 5.73 Å². The molecule has 0 aliphatic heterocycles. The molecule has 1 unspecified atom stereocenters. The van der Waals surface area contributed by atoms with Crippen molar-refractivity contribution >= 4 is 12.0 Å². The second kappa shape index (κ2) is 4.53. The van der Waals surface area contributed by atoms with Crippen molar-refractivity contribution in [1.82, 2.24) is 0 Å². The van der Waals surface area contributed by atoms with Crippen LogP contribution in [0.15, 0.2) is 30.3 Å². The van der Waals surface area contributed by atoms with Gasteiger partial charge in [-0.1, -0.05) is 30.4 Å². The molecule has 0 aliphatic carbocycles. The first-order chi connectivity index (χ1) is 6.61. The van der Waals surface area contributed by atoms with E-state index in [1.165, 1.54) is 18.2 Å². The minimum absolute atomic E-state index is 0.323. The number of carboxylic acids is 1. The Balaban J connectivity index is 2.78. The zero-order valence-corrected chi connectivity index (χ0v) is 7.35. The van der Waals surface area contributed by atoms with Crippen LogP contribution in [0.4, 0.5) is 4.39 Å². The normalized spacial score (nSPS) is 13.0. The molecule has 1 atom stereocenters. The maximum absolute atomic E-state index is 13.0. The lowest BCUT2D eigenvalue weighted by molar-refractivity contribution is -0.137. The van der Waals surface area contributed by atoms with Gasteiger partial charge in [-0.25, -0.2) is 4.39 Å². The van der Waals surface area contributed by atoms with E-state index >= 15 is 0 Å². The topological polar surface area (TPSA) is 63.3 Å². The van der Waals surface area contributed by atoms with E-state index in [1.807, 2.05) is 0 Å². The molecule has 0 heterocycles. The smallest absolute Gasteiger partial charge is 0.324 e. The molecule has 1 rings (SSSR count). The Morgan fingerprint density at radius 2 is 2.14 bits per heavy atom. The first kappa shape index (κ1) is 10.4. The fourth-order valence-corrected chi connectivity index (χ4v) is 0.900. The molecular formula is C10H10FNO2. The largest absolute Gasteiger partial charge is 0.480 e. The average molecular weight is 195 g/mol. The molecule has 0 fully saturated rings. The minimum atomic E-state index is -1.14. The summed E-state index contributed by atoms with van der Waals surface area (Å²) in [5.41, 5.74) is 5.53. The van der Waals surface area contributed by atoms with Gasteiger partial charge in [0.15, 0.2) is 0 Å². The van der Waals surface area contributed by atoms with E-state index in [9.17, 15) is 9.18 Å². The summed E-state index contributed by atoms with van der Waals surface area (Å²) < 4.78 is 13.0. The first-order valence-electron chi connectivity index (χ1n) is 4.02. The standard InChI is InChI=1S/C10H10FNO2/c11-8-4-2-1-3-7(8)5-6-9(12)10(13)14/h1-6,9H,12H2,(H,13,14)/b6-5+. The lowest BCUT2D eigenvalue weighted by Crippen LogP contribution is -2.27. The highest BCUT2D eigenvalue weighted by Crippen LogP contribution is 2.08. The predicted octanol–water partition coefficient (Wildman–Crippen LogP) is 1.25. The third-order valence-corrected chi connectivity index (χ3v) is 1.67. The van der Waals surface area contributed by atoms with Crippen molar-refractivity contribution in [2.24, 2.45) is 5.73 Å². The molecule has 3 N–H and O–H groups in total. The summed E-state index contributed by atoms with van der Waals surface area (Å²) >= 11 is 0. The zero-order valence-electron chi connectivity index (χ0n) is 7.35. The number of hydrogen-bond donors (Lipinski definition) is 2. The van der Waals surface area contributed by atoms with Crippen LogP contribution in [0.2, 0.25) is 0 Å². The van der Waals surface area contributed by atoms with Gasteiger partial charge in [0.05, 0.1) is 0 Å². The molecule has 1 aromatic rings. The molecule has 0 aliphatic rings. The summed E-state index contributed by atoms with van der Waals surface area (Å²) in [5.74, 6) is -1.54. The quantitative estimate of drug-likeness (QED) is 0.762. The van der Waals surface area contributed by atoms with Gasteiger partial charge in [0.2, 0.25) is 0 Å². The Kier molecular flexibility index (Phi) is 3.36. The lowest BCUT2D eigenvalue weighted by atomic mass is 10.1. The molecule has 0 bridgehead atoms. The van der Waals surface area contributed by atoms with E-state index in [0.717, 1.165) is 0 Å². The number of benzene rings is 1. The van der Waals surface area contributed by atoms with Crippen LogP contribution in [-0.4, -0.2) is 17.1 Å². The van der Waals surface area contributed by atoms with Crippen molar-refractivity contribution in [2.45, 2.75) is 6.04 Å². The third-order valence-electron chi connectivity index (χ3n) is 1.67. The minimum Gasteiger partial charge on any atom is -0.480 e. The molecule has 74 valence electrons. The van der Waals surface area contributed by atoms with Crippen molar-refractivity contribution in [3.8, 4) is 0 Å². The molecule has 0 aromatic heterocycles. The molecule has 0 amide bonds. The highest BCUT2D eigenvalue weighted by molar-refractivity contribution is 5.77. The fourth-order valence-electron chi connectivity index (χ4n) is 0.900. The zero-order chi connectivity index (χ0) is 10.6. The van der Waals surface area contributed by atoms with Gasteiger partial charge < -0.3 is 10.8 Å². The van der Waals surface area contributed by atoms with Gasteiger partial charge in [0.25, 0.3) is 0 Å². The molecule has 0 saturated heterocycles. The number of aliphatic carboxylic acids is 1. The number of nitrogens with two attached hydrogens (primary N) is 1. The SMILES string of the molecule is NC(/C=C/c1ccccc1F)C(=O)O. The number of hydrogen-bond acceptors (Lipinski definition) is 2. The van der Waals surface area contributed by atoms with Crippen LogP contribution in [0.1, 0.15) is 5.56 Å². The number of carboxylic acid groups (broad SMARTS) is 1. The molecular weight excluding hydrogens is 185 g/mol. The van der Waals surface area contributed by atoms with Crippen LogP contribution in [-0.2, 0) is 4.79 Å². The van der Waals surface area contributed by atoms with Crippen molar-refractivity contribution in [3.05, 3.63) is 41.7 Å². The van der Waals surface area contributed by atoms with Crippen LogP contribution >= 0.6 is 0 Å². The van der Waals surface area contributed by atoms with Gasteiger partial charge in [0.1, 0.15) is 11.9 Å². The lowest BCUT2D eigenvalue weighted by Gasteiger charge is -1.98. The highest BCUT2D eigenvalue weighted by Gasteiger charge is 2.06. The van der Waals surface area contributed by atoms with Crippen molar-refractivity contribution in [1.29, 1.82) is 0 Å². The number of rotatable bonds is 3. The molecule has 1 aromatic carbocycles. The maximum Gasteiger partial charge on any atom is 0.324 e. The Morgan fingerprint density at radius 3 is 2.71 bits per heavy atom. The van der Waals surface area contributed by atoms with Crippen molar-refractivity contribution < 1.29 is 14.3 Å². The monoisotopic (exact) mass is 195 g/mol. The molecule has 4 heteroatoms. The van der Waals surface area contributed by atoms with Gasteiger partial charge in [-0.05, 0) is 6.07 Å².